The summed E-state index contributed by atoms with van der Waals surface area (Å²) in [7, 11) is 0. The van der Waals surface area contributed by atoms with Gasteiger partial charge < -0.3 is 19.9 Å². The van der Waals surface area contributed by atoms with E-state index in [9.17, 15) is 22.4 Å². The molecule has 196 valence electrons. The fourth-order valence-corrected chi connectivity index (χ4v) is 4.28. The van der Waals surface area contributed by atoms with E-state index in [2.05, 4.69) is 25.6 Å². The van der Waals surface area contributed by atoms with Crippen molar-refractivity contribution in [1.29, 1.82) is 0 Å². The number of hydrogen-bond donors (Lipinski definition) is 2. The molecule has 1 amide bonds. The molecule has 0 fully saturated rings. The minimum absolute atomic E-state index is 0.0117. The van der Waals surface area contributed by atoms with E-state index in [4.69, 9.17) is 4.74 Å². The lowest BCUT2D eigenvalue weighted by Gasteiger charge is -2.24. The highest BCUT2D eigenvalue weighted by molar-refractivity contribution is 7.18. The molecular formula is C24H24F4N6O2S. The standard InChI is InChI=1S/C24H24F4N6O2S/c1-23(2,3)36-22(35)33-17(11-34-12-19(32-13-34)24(26,27)28)9-30-21-31-10-18(37-21)14-4-5-15-8-29-20(25)7-16(15)6-14/h4-8,10,12-13,17H,9,11H2,1-3H3,(H,30,31)(H,33,35). The third-order valence-corrected chi connectivity index (χ3v) is 6.06. The Hall–Kier alpha value is -3.74. The number of hydrogen-bond acceptors (Lipinski definition) is 7. The van der Waals surface area contributed by atoms with Gasteiger partial charge >= 0.3 is 12.3 Å². The number of halogens is 4. The number of alkyl halides is 3. The molecule has 37 heavy (non-hydrogen) atoms. The molecule has 0 aliphatic heterocycles. The van der Waals surface area contributed by atoms with Gasteiger partial charge in [-0.2, -0.15) is 17.6 Å². The number of anilines is 1. The molecule has 3 heterocycles. The quantitative estimate of drug-likeness (QED) is 0.232. The van der Waals surface area contributed by atoms with E-state index in [1.165, 1.54) is 28.2 Å². The molecule has 4 rings (SSSR count). The van der Waals surface area contributed by atoms with Gasteiger partial charge in [0.1, 0.15) is 5.60 Å². The van der Waals surface area contributed by atoms with Crippen LogP contribution in [0.3, 0.4) is 0 Å². The van der Waals surface area contributed by atoms with Gasteiger partial charge in [0.15, 0.2) is 10.8 Å². The van der Waals surface area contributed by atoms with Gasteiger partial charge in [0.05, 0.1) is 17.2 Å². The molecule has 0 aliphatic rings. The van der Waals surface area contributed by atoms with Crippen LogP contribution in [0, 0.1) is 5.95 Å². The van der Waals surface area contributed by atoms with E-state index >= 15 is 0 Å². The summed E-state index contributed by atoms with van der Waals surface area (Å²) in [5, 5.41) is 7.84. The van der Waals surface area contributed by atoms with Crippen molar-refractivity contribution in [3.8, 4) is 10.4 Å². The highest BCUT2D eigenvalue weighted by Gasteiger charge is 2.33. The number of ether oxygens (including phenoxy) is 1. The van der Waals surface area contributed by atoms with Gasteiger partial charge in [-0.1, -0.05) is 23.5 Å². The first-order chi connectivity index (χ1) is 17.4. The van der Waals surface area contributed by atoms with Crippen molar-refractivity contribution in [2.75, 3.05) is 11.9 Å². The van der Waals surface area contributed by atoms with E-state index in [-0.39, 0.29) is 13.1 Å². The highest BCUT2D eigenvalue weighted by atomic mass is 32.1. The lowest BCUT2D eigenvalue weighted by Crippen LogP contribution is -2.44. The zero-order valence-corrected chi connectivity index (χ0v) is 21.0. The van der Waals surface area contributed by atoms with Crippen LogP contribution >= 0.6 is 11.3 Å². The zero-order chi connectivity index (χ0) is 26.8. The number of alkyl carbamates (subject to hydrolysis) is 1. The predicted molar refractivity (Wildman–Crippen MR) is 132 cm³/mol. The van der Waals surface area contributed by atoms with Crippen LogP contribution in [-0.2, 0) is 17.5 Å². The summed E-state index contributed by atoms with van der Waals surface area (Å²) in [5.74, 6) is -0.569. The van der Waals surface area contributed by atoms with Crippen molar-refractivity contribution >= 4 is 33.3 Å². The van der Waals surface area contributed by atoms with Crippen LogP contribution in [0.25, 0.3) is 21.2 Å². The highest BCUT2D eigenvalue weighted by Crippen LogP contribution is 2.31. The molecular weight excluding hydrogens is 512 g/mol. The molecule has 1 aromatic carbocycles. The Balaban J connectivity index is 1.47. The van der Waals surface area contributed by atoms with Crippen molar-refractivity contribution in [2.45, 2.75) is 45.1 Å². The molecule has 3 aromatic heterocycles. The summed E-state index contributed by atoms with van der Waals surface area (Å²) in [4.78, 5) is 24.6. The van der Waals surface area contributed by atoms with Crippen molar-refractivity contribution in [3.05, 3.63) is 60.8 Å². The Kier molecular flexibility index (Phi) is 7.35. The molecule has 4 aromatic rings. The second kappa shape index (κ2) is 10.3. The molecule has 13 heteroatoms. The van der Waals surface area contributed by atoms with Crippen LogP contribution in [-0.4, -0.2) is 43.8 Å². The van der Waals surface area contributed by atoms with Crippen LogP contribution in [0.2, 0.25) is 0 Å². The largest absolute Gasteiger partial charge is 0.444 e. The van der Waals surface area contributed by atoms with E-state index < -0.39 is 35.6 Å². The molecule has 1 atom stereocenters. The Morgan fingerprint density at radius 1 is 1.11 bits per heavy atom. The number of nitrogens with zero attached hydrogens (tertiary/aromatic N) is 4. The molecule has 1 unspecified atom stereocenters. The van der Waals surface area contributed by atoms with Crippen LogP contribution < -0.4 is 10.6 Å². The summed E-state index contributed by atoms with van der Waals surface area (Å²) < 4.78 is 58.9. The van der Waals surface area contributed by atoms with Gasteiger partial charge in [0.2, 0.25) is 5.95 Å². The minimum atomic E-state index is -4.57. The lowest BCUT2D eigenvalue weighted by atomic mass is 10.1. The Labute approximate surface area is 213 Å². The number of nitrogens with one attached hydrogen (secondary N) is 2. The minimum Gasteiger partial charge on any atom is -0.444 e. The van der Waals surface area contributed by atoms with E-state index in [0.29, 0.717) is 10.5 Å². The molecule has 0 radical (unpaired) electrons. The average Bonchev–Trinajstić information content (AvgIpc) is 3.45. The SMILES string of the molecule is CC(C)(C)OC(=O)NC(CNc1ncc(-c2ccc3cnc(F)cc3c2)s1)Cn1cnc(C(F)(F)F)c1. The smallest absolute Gasteiger partial charge is 0.434 e. The van der Waals surface area contributed by atoms with Crippen LogP contribution in [0.5, 0.6) is 0 Å². The normalized spacial score (nSPS) is 12.9. The molecule has 0 aliphatic carbocycles. The summed E-state index contributed by atoms with van der Waals surface area (Å²) in [6.07, 6.45) is -0.208. The van der Waals surface area contributed by atoms with Gasteiger partial charge in [0.25, 0.3) is 0 Å². The number of carbonyl (C=O) groups excluding carboxylic acids is 1. The zero-order valence-electron chi connectivity index (χ0n) is 20.1. The van der Waals surface area contributed by atoms with Gasteiger partial charge in [0, 0.05) is 43.1 Å². The topological polar surface area (TPSA) is 94.0 Å². The number of rotatable bonds is 7. The molecule has 2 N–H and O–H groups in total. The van der Waals surface area contributed by atoms with Gasteiger partial charge in [-0.15, -0.1) is 0 Å². The number of aromatic nitrogens is 4. The number of benzene rings is 1. The number of thiazole rings is 1. The van der Waals surface area contributed by atoms with Gasteiger partial charge in [-0.3, -0.25) is 0 Å². The maximum atomic E-state index is 13.5. The molecule has 0 bridgehead atoms. The maximum Gasteiger partial charge on any atom is 0.434 e. The number of carbonyl (C=O) groups is 1. The van der Waals surface area contributed by atoms with Gasteiger partial charge in [-0.05, 0) is 37.8 Å². The number of amides is 1. The van der Waals surface area contributed by atoms with Crippen LogP contribution in [0.15, 0.2) is 49.2 Å². The van der Waals surface area contributed by atoms with E-state index in [1.807, 2.05) is 18.2 Å². The Morgan fingerprint density at radius 2 is 1.89 bits per heavy atom. The Bertz CT molecular complexity index is 1400. The summed E-state index contributed by atoms with van der Waals surface area (Å²) in [6, 6.07) is 6.26. The third-order valence-electron chi connectivity index (χ3n) is 5.05. The summed E-state index contributed by atoms with van der Waals surface area (Å²) in [6.45, 7) is 5.29. The predicted octanol–water partition coefficient (Wildman–Crippen LogP) is 5.72. The van der Waals surface area contributed by atoms with Crippen LogP contribution in [0.1, 0.15) is 26.5 Å². The van der Waals surface area contributed by atoms with Crippen molar-refractivity contribution in [3.63, 3.8) is 0 Å². The Morgan fingerprint density at radius 3 is 2.59 bits per heavy atom. The third kappa shape index (κ3) is 7.15. The monoisotopic (exact) mass is 536 g/mol. The number of imidazole rings is 1. The average molecular weight is 537 g/mol. The first kappa shape index (κ1) is 26.3. The van der Waals surface area contributed by atoms with E-state index in [1.54, 1.807) is 27.0 Å². The first-order valence-electron chi connectivity index (χ1n) is 11.2. The van der Waals surface area contributed by atoms with Crippen molar-refractivity contribution < 1.29 is 27.1 Å². The second-order valence-electron chi connectivity index (χ2n) is 9.28. The summed E-state index contributed by atoms with van der Waals surface area (Å²) >= 11 is 1.34. The molecule has 0 saturated heterocycles. The maximum absolute atomic E-state index is 13.5. The first-order valence-corrected chi connectivity index (χ1v) is 12.0. The van der Waals surface area contributed by atoms with Crippen molar-refractivity contribution in [2.24, 2.45) is 0 Å². The fourth-order valence-electron chi connectivity index (χ4n) is 3.46. The second-order valence-corrected chi connectivity index (χ2v) is 10.3. The molecule has 8 nitrogen and oxygen atoms in total. The van der Waals surface area contributed by atoms with Crippen molar-refractivity contribution in [1.82, 2.24) is 24.8 Å². The molecule has 0 saturated carbocycles. The molecule has 0 spiro atoms. The van der Waals surface area contributed by atoms with Gasteiger partial charge in [-0.25, -0.2) is 19.7 Å². The number of fused-ring (bicyclic) bond motifs is 1. The summed E-state index contributed by atoms with van der Waals surface area (Å²) in [5.41, 5.74) is -0.930. The fraction of sp³-hybridized carbons (Fsp3) is 0.333. The van der Waals surface area contributed by atoms with E-state index in [0.717, 1.165) is 28.4 Å². The van der Waals surface area contributed by atoms with Crippen LogP contribution in [0.4, 0.5) is 27.5 Å². The lowest BCUT2D eigenvalue weighted by molar-refractivity contribution is -0.141. The number of pyridine rings is 1.